The Morgan fingerprint density at radius 2 is 2.06 bits per heavy atom. The smallest absolute Gasteiger partial charge is 0.203 e. The average Bonchev–Trinajstić information content (AvgIpc) is 2.59. The maximum atomic E-state index is 10.0. The van der Waals surface area contributed by atoms with E-state index in [0.717, 1.165) is 5.56 Å². The second kappa shape index (κ2) is 4.63. The van der Waals surface area contributed by atoms with Gasteiger partial charge < -0.3 is 10.2 Å². The van der Waals surface area contributed by atoms with Crippen molar-refractivity contribution in [3.8, 4) is 23.5 Å². The Hall–Kier alpha value is -2.12. The summed E-state index contributed by atoms with van der Waals surface area (Å²) < 4.78 is 1.22. The third-order valence-electron chi connectivity index (χ3n) is 2.64. The van der Waals surface area contributed by atoms with E-state index in [4.69, 9.17) is 16.9 Å². The summed E-state index contributed by atoms with van der Waals surface area (Å²) in [5.74, 6) is -0.313. The summed E-state index contributed by atoms with van der Waals surface area (Å²) in [5, 5.41) is 28.9. The number of rotatable bonds is 2. The van der Waals surface area contributed by atoms with Crippen molar-refractivity contribution in [2.75, 3.05) is 0 Å². The molecule has 0 aliphatic carbocycles. The van der Waals surface area contributed by atoms with Gasteiger partial charge in [0.15, 0.2) is 5.88 Å². The zero-order valence-corrected chi connectivity index (χ0v) is 10.4. The fraction of sp³-hybridized carbons (Fsp3) is 0.154. The second-order valence-corrected chi connectivity index (χ2v) is 4.38. The first-order valence-electron chi connectivity index (χ1n) is 5.30. The minimum absolute atomic E-state index is 0.0236. The molecule has 4 nitrogen and oxygen atoms in total. The van der Waals surface area contributed by atoms with Gasteiger partial charge in [-0.15, -0.1) is 0 Å². The quantitative estimate of drug-likeness (QED) is 0.874. The summed E-state index contributed by atoms with van der Waals surface area (Å²) in [6.45, 7) is 1.88. The molecule has 5 heteroatoms. The Morgan fingerprint density at radius 3 is 2.72 bits per heavy atom. The van der Waals surface area contributed by atoms with Crippen molar-refractivity contribution in [1.82, 2.24) is 4.57 Å². The molecule has 0 fully saturated rings. The van der Waals surface area contributed by atoms with Gasteiger partial charge in [-0.1, -0.05) is 17.7 Å². The van der Waals surface area contributed by atoms with E-state index in [-0.39, 0.29) is 18.2 Å². The number of nitrogens with zero attached hydrogens (tertiary/aromatic N) is 2. The van der Waals surface area contributed by atoms with Gasteiger partial charge in [0.2, 0.25) is 5.88 Å². The number of hydrogen-bond donors (Lipinski definition) is 2. The highest BCUT2D eigenvalue weighted by molar-refractivity contribution is 6.32. The Kier molecular flexibility index (Phi) is 3.17. The maximum absolute atomic E-state index is 10.0. The normalized spacial score (nSPS) is 10.3. The van der Waals surface area contributed by atoms with Crippen LogP contribution < -0.4 is 0 Å². The molecule has 2 rings (SSSR count). The predicted octanol–water partition coefficient (Wildman–Crippen LogP) is 2.92. The maximum Gasteiger partial charge on any atom is 0.203 e. The number of halogens is 1. The van der Waals surface area contributed by atoms with Crippen LogP contribution in [0.2, 0.25) is 5.02 Å². The number of hydrogen-bond acceptors (Lipinski definition) is 3. The van der Waals surface area contributed by atoms with E-state index < -0.39 is 0 Å². The van der Waals surface area contributed by atoms with Gasteiger partial charge >= 0.3 is 0 Å². The van der Waals surface area contributed by atoms with Crippen LogP contribution in [0.1, 0.15) is 11.1 Å². The molecule has 1 aromatic carbocycles. The third-order valence-corrected chi connectivity index (χ3v) is 2.96. The van der Waals surface area contributed by atoms with Gasteiger partial charge in [-0.2, -0.15) is 5.26 Å². The SMILES string of the molecule is Cc1ccc(Cl)c(-n2c(O)cc(CC#N)c2O)c1. The first-order valence-corrected chi connectivity index (χ1v) is 5.68. The molecule has 0 bridgehead atoms. The van der Waals surface area contributed by atoms with Gasteiger partial charge in [0.25, 0.3) is 0 Å². The molecule has 1 aromatic heterocycles. The summed E-state index contributed by atoms with van der Waals surface area (Å²) in [7, 11) is 0. The van der Waals surface area contributed by atoms with E-state index in [2.05, 4.69) is 0 Å². The van der Waals surface area contributed by atoms with Gasteiger partial charge in [-0.3, -0.25) is 0 Å². The minimum Gasteiger partial charge on any atom is -0.494 e. The molecule has 1 heterocycles. The predicted molar refractivity (Wildman–Crippen MR) is 68.2 cm³/mol. The van der Waals surface area contributed by atoms with Crippen LogP contribution in [0.25, 0.3) is 5.69 Å². The topological polar surface area (TPSA) is 69.2 Å². The lowest BCUT2D eigenvalue weighted by Crippen LogP contribution is -1.95. The molecule has 2 aromatic rings. The summed E-state index contributed by atoms with van der Waals surface area (Å²) in [6.07, 6.45) is 0.0236. The van der Waals surface area contributed by atoms with Crippen molar-refractivity contribution in [1.29, 1.82) is 5.26 Å². The van der Waals surface area contributed by atoms with Crippen molar-refractivity contribution in [3.63, 3.8) is 0 Å². The Labute approximate surface area is 109 Å². The van der Waals surface area contributed by atoms with Crippen LogP contribution in [-0.2, 0) is 6.42 Å². The lowest BCUT2D eigenvalue weighted by atomic mass is 10.2. The van der Waals surface area contributed by atoms with E-state index in [1.807, 2.05) is 19.1 Å². The molecular formula is C13H11ClN2O2. The van der Waals surface area contributed by atoms with E-state index in [1.54, 1.807) is 12.1 Å². The molecule has 0 unspecified atom stereocenters. The zero-order valence-electron chi connectivity index (χ0n) is 9.68. The van der Waals surface area contributed by atoms with E-state index in [9.17, 15) is 10.2 Å². The fourth-order valence-corrected chi connectivity index (χ4v) is 1.99. The van der Waals surface area contributed by atoms with Gasteiger partial charge in [-0.25, -0.2) is 4.57 Å². The summed E-state index contributed by atoms with van der Waals surface area (Å²) in [4.78, 5) is 0. The molecule has 0 atom stereocenters. The molecule has 92 valence electrons. The standard InChI is InChI=1S/C13H11ClN2O2/c1-8-2-3-10(14)11(6-8)16-12(17)7-9(4-5-15)13(16)18/h2-3,6-7,17-18H,4H2,1H3. The van der Waals surface area contributed by atoms with Crippen molar-refractivity contribution >= 4 is 11.6 Å². The third kappa shape index (κ3) is 2.01. The van der Waals surface area contributed by atoms with Crippen molar-refractivity contribution in [2.45, 2.75) is 13.3 Å². The molecule has 18 heavy (non-hydrogen) atoms. The number of aromatic hydroxyl groups is 2. The van der Waals surface area contributed by atoms with Crippen LogP contribution in [0, 0.1) is 18.3 Å². The van der Waals surface area contributed by atoms with Crippen LogP contribution in [0.5, 0.6) is 11.8 Å². The van der Waals surface area contributed by atoms with Crippen molar-refractivity contribution < 1.29 is 10.2 Å². The van der Waals surface area contributed by atoms with E-state index >= 15 is 0 Å². The monoisotopic (exact) mass is 262 g/mol. The minimum atomic E-state index is -0.165. The number of nitriles is 1. The molecule has 0 aliphatic heterocycles. The second-order valence-electron chi connectivity index (χ2n) is 3.98. The lowest BCUT2D eigenvalue weighted by molar-refractivity contribution is 0.401. The largest absolute Gasteiger partial charge is 0.494 e. The van der Waals surface area contributed by atoms with Crippen molar-refractivity contribution in [2.24, 2.45) is 0 Å². The summed E-state index contributed by atoms with van der Waals surface area (Å²) in [5.41, 5.74) is 1.80. The number of benzene rings is 1. The molecule has 2 N–H and O–H groups in total. The van der Waals surface area contributed by atoms with Gasteiger partial charge in [0.1, 0.15) is 0 Å². The van der Waals surface area contributed by atoms with E-state index in [1.165, 1.54) is 10.6 Å². The van der Waals surface area contributed by atoms with Crippen LogP contribution >= 0.6 is 11.6 Å². The number of aromatic nitrogens is 1. The van der Waals surface area contributed by atoms with Crippen LogP contribution in [0.15, 0.2) is 24.3 Å². The molecule has 0 spiro atoms. The molecule has 0 radical (unpaired) electrons. The molecule has 0 saturated heterocycles. The molecular weight excluding hydrogens is 252 g/mol. The molecule has 0 saturated carbocycles. The summed E-state index contributed by atoms with van der Waals surface area (Å²) >= 11 is 6.05. The first kappa shape index (κ1) is 12.3. The molecule has 0 aliphatic rings. The summed E-state index contributed by atoms with van der Waals surface area (Å²) in [6, 6.07) is 8.55. The van der Waals surface area contributed by atoms with Crippen LogP contribution in [0.4, 0.5) is 0 Å². The van der Waals surface area contributed by atoms with Crippen LogP contribution in [0.3, 0.4) is 0 Å². The van der Waals surface area contributed by atoms with Gasteiger partial charge in [-0.05, 0) is 24.6 Å². The van der Waals surface area contributed by atoms with Gasteiger partial charge in [0, 0.05) is 11.6 Å². The number of aryl methyl sites for hydroxylation is 1. The highest BCUT2D eigenvalue weighted by Crippen LogP contribution is 2.35. The first-order chi connectivity index (χ1) is 8.54. The van der Waals surface area contributed by atoms with E-state index in [0.29, 0.717) is 16.3 Å². The molecule has 0 amide bonds. The Morgan fingerprint density at radius 1 is 1.33 bits per heavy atom. The van der Waals surface area contributed by atoms with Gasteiger partial charge in [0.05, 0.1) is 23.2 Å². The lowest BCUT2D eigenvalue weighted by Gasteiger charge is -2.10. The van der Waals surface area contributed by atoms with Crippen molar-refractivity contribution in [3.05, 3.63) is 40.4 Å². The fourth-order valence-electron chi connectivity index (χ4n) is 1.78. The Balaban J connectivity index is 2.64. The highest BCUT2D eigenvalue weighted by atomic mass is 35.5. The highest BCUT2D eigenvalue weighted by Gasteiger charge is 2.17. The average molecular weight is 263 g/mol. The zero-order chi connectivity index (χ0) is 13.3. The Bertz CT molecular complexity index is 641. The van der Waals surface area contributed by atoms with Crippen LogP contribution in [-0.4, -0.2) is 14.8 Å².